The fourth-order valence-electron chi connectivity index (χ4n) is 2.53. The Balaban J connectivity index is 2.41. The Hall–Kier alpha value is -1.06. The van der Waals surface area contributed by atoms with E-state index in [0.717, 1.165) is 18.9 Å². The molecule has 0 aromatic heterocycles. The maximum absolute atomic E-state index is 5.75. The van der Waals surface area contributed by atoms with Crippen LogP contribution in [0.3, 0.4) is 0 Å². The van der Waals surface area contributed by atoms with Crippen molar-refractivity contribution in [3.63, 3.8) is 0 Å². The minimum atomic E-state index is 0.139. The number of nitrogens with one attached hydrogen (secondary N) is 1. The molecular weight excluding hydrogens is 238 g/mol. The molecule has 2 unspecified atom stereocenters. The van der Waals surface area contributed by atoms with Gasteiger partial charge in [0.15, 0.2) is 0 Å². The first-order valence-corrected chi connectivity index (χ1v) is 6.97. The molecule has 1 fully saturated rings. The van der Waals surface area contributed by atoms with Crippen molar-refractivity contribution < 1.29 is 9.47 Å². The van der Waals surface area contributed by atoms with Crippen molar-refractivity contribution in [2.24, 2.45) is 0 Å². The molecule has 1 aromatic carbocycles. The van der Waals surface area contributed by atoms with Gasteiger partial charge in [-0.15, -0.1) is 0 Å². The lowest BCUT2D eigenvalue weighted by atomic mass is 9.84. The summed E-state index contributed by atoms with van der Waals surface area (Å²) in [6, 6.07) is 6.67. The quantitative estimate of drug-likeness (QED) is 0.889. The van der Waals surface area contributed by atoms with E-state index in [9.17, 15) is 0 Å². The number of rotatable bonds is 2. The van der Waals surface area contributed by atoms with E-state index >= 15 is 0 Å². The van der Waals surface area contributed by atoms with Gasteiger partial charge in [0.1, 0.15) is 5.75 Å². The Kier molecular flexibility index (Phi) is 4.16. The van der Waals surface area contributed by atoms with Gasteiger partial charge in [0.2, 0.25) is 0 Å². The molecular formula is C16H25NO2. The van der Waals surface area contributed by atoms with Gasteiger partial charge in [-0.05, 0) is 30.0 Å². The first kappa shape index (κ1) is 14.4. The molecule has 0 spiro atoms. The molecule has 1 aliphatic rings. The average Bonchev–Trinajstić information content (AvgIpc) is 2.37. The summed E-state index contributed by atoms with van der Waals surface area (Å²) in [5, 5.41) is 3.53. The van der Waals surface area contributed by atoms with Crippen molar-refractivity contribution in [3.05, 3.63) is 29.3 Å². The van der Waals surface area contributed by atoms with E-state index < -0.39 is 0 Å². The molecule has 106 valence electrons. The fraction of sp³-hybridized carbons (Fsp3) is 0.625. The zero-order valence-corrected chi connectivity index (χ0v) is 12.6. The first-order valence-electron chi connectivity index (χ1n) is 6.97. The lowest BCUT2D eigenvalue weighted by molar-refractivity contribution is 0.00692. The molecule has 0 saturated carbocycles. The third kappa shape index (κ3) is 3.10. The highest BCUT2D eigenvalue weighted by atomic mass is 16.5. The van der Waals surface area contributed by atoms with Gasteiger partial charge in [-0.25, -0.2) is 0 Å². The largest absolute Gasteiger partial charge is 0.496 e. The summed E-state index contributed by atoms with van der Waals surface area (Å²) in [6.45, 7) is 10.5. The summed E-state index contributed by atoms with van der Waals surface area (Å²) in [7, 11) is 1.73. The van der Waals surface area contributed by atoms with Crippen LogP contribution in [0.5, 0.6) is 5.75 Å². The van der Waals surface area contributed by atoms with E-state index in [1.807, 2.05) is 0 Å². The molecule has 1 aliphatic heterocycles. The van der Waals surface area contributed by atoms with Gasteiger partial charge < -0.3 is 14.8 Å². The number of hydrogen-bond donors (Lipinski definition) is 1. The van der Waals surface area contributed by atoms with Gasteiger partial charge >= 0.3 is 0 Å². The van der Waals surface area contributed by atoms with Crippen LogP contribution in [0.15, 0.2) is 18.2 Å². The number of morpholine rings is 1. The second-order valence-corrected chi connectivity index (χ2v) is 6.21. The molecule has 2 atom stereocenters. The third-order valence-electron chi connectivity index (χ3n) is 3.75. The predicted molar refractivity (Wildman–Crippen MR) is 77.9 cm³/mol. The molecule has 0 aliphatic carbocycles. The summed E-state index contributed by atoms with van der Waals surface area (Å²) in [5.74, 6) is 0.933. The fourth-order valence-corrected chi connectivity index (χ4v) is 2.53. The summed E-state index contributed by atoms with van der Waals surface area (Å²) in [6.07, 6.45) is 0.165. The standard InChI is InChI=1S/C16H25NO2/c1-11-15(17-8-9-19-11)13-10-12(16(2,3)4)6-7-14(13)18-5/h6-7,10-11,15,17H,8-9H2,1-5H3. The van der Waals surface area contributed by atoms with Gasteiger partial charge in [-0.3, -0.25) is 0 Å². The topological polar surface area (TPSA) is 30.5 Å². The van der Waals surface area contributed by atoms with Gasteiger partial charge in [0, 0.05) is 12.1 Å². The molecule has 1 N–H and O–H groups in total. The minimum absolute atomic E-state index is 0.139. The highest BCUT2D eigenvalue weighted by Crippen LogP contribution is 2.34. The van der Waals surface area contributed by atoms with E-state index in [-0.39, 0.29) is 17.6 Å². The van der Waals surface area contributed by atoms with Crippen LogP contribution in [0, 0.1) is 0 Å². The summed E-state index contributed by atoms with van der Waals surface area (Å²) in [5.41, 5.74) is 2.66. The molecule has 1 saturated heterocycles. The summed E-state index contributed by atoms with van der Waals surface area (Å²) < 4.78 is 11.3. The first-order chi connectivity index (χ1) is 8.93. The monoisotopic (exact) mass is 263 g/mol. The number of benzene rings is 1. The van der Waals surface area contributed by atoms with E-state index in [0.29, 0.717) is 0 Å². The molecule has 0 bridgehead atoms. The average molecular weight is 263 g/mol. The molecule has 0 radical (unpaired) electrons. The van der Waals surface area contributed by atoms with E-state index in [4.69, 9.17) is 9.47 Å². The maximum atomic E-state index is 5.75. The van der Waals surface area contributed by atoms with Gasteiger partial charge in [-0.1, -0.05) is 26.8 Å². The lowest BCUT2D eigenvalue weighted by Gasteiger charge is -2.32. The van der Waals surface area contributed by atoms with Crippen LogP contribution in [0.25, 0.3) is 0 Å². The van der Waals surface area contributed by atoms with Crippen LogP contribution in [0.2, 0.25) is 0 Å². The van der Waals surface area contributed by atoms with Crippen molar-refractivity contribution >= 4 is 0 Å². The van der Waals surface area contributed by atoms with E-state index in [1.165, 1.54) is 11.1 Å². The van der Waals surface area contributed by atoms with E-state index in [1.54, 1.807) is 7.11 Å². The Morgan fingerprint density at radius 2 is 2.05 bits per heavy atom. The predicted octanol–water partition coefficient (Wildman–Crippen LogP) is 3.04. The Bertz CT molecular complexity index is 437. The van der Waals surface area contributed by atoms with Gasteiger partial charge in [-0.2, -0.15) is 0 Å². The van der Waals surface area contributed by atoms with Crippen molar-refractivity contribution in [2.45, 2.75) is 45.3 Å². The van der Waals surface area contributed by atoms with Crippen LogP contribution in [-0.2, 0) is 10.2 Å². The van der Waals surface area contributed by atoms with Crippen LogP contribution in [-0.4, -0.2) is 26.4 Å². The van der Waals surface area contributed by atoms with Crippen LogP contribution in [0.1, 0.15) is 44.9 Å². The zero-order valence-electron chi connectivity index (χ0n) is 12.6. The molecule has 3 heteroatoms. The zero-order chi connectivity index (χ0) is 14.0. The lowest BCUT2D eigenvalue weighted by Crippen LogP contribution is -2.40. The minimum Gasteiger partial charge on any atom is -0.496 e. The number of methoxy groups -OCH3 is 1. The smallest absolute Gasteiger partial charge is 0.123 e. The Morgan fingerprint density at radius 1 is 1.32 bits per heavy atom. The van der Waals surface area contributed by atoms with E-state index in [2.05, 4.69) is 51.2 Å². The second-order valence-electron chi connectivity index (χ2n) is 6.21. The summed E-state index contributed by atoms with van der Waals surface area (Å²) >= 11 is 0. The van der Waals surface area contributed by atoms with Crippen molar-refractivity contribution in [2.75, 3.05) is 20.3 Å². The van der Waals surface area contributed by atoms with Crippen LogP contribution < -0.4 is 10.1 Å². The number of hydrogen-bond acceptors (Lipinski definition) is 3. The van der Waals surface area contributed by atoms with Gasteiger partial charge in [0.05, 0.1) is 25.9 Å². The molecule has 2 rings (SSSR count). The highest BCUT2D eigenvalue weighted by Gasteiger charge is 2.27. The SMILES string of the molecule is COc1ccc(C(C)(C)C)cc1C1NCCOC1C. The highest BCUT2D eigenvalue weighted by molar-refractivity contribution is 5.42. The van der Waals surface area contributed by atoms with Crippen molar-refractivity contribution in [1.29, 1.82) is 0 Å². The molecule has 0 amide bonds. The summed E-state index contributed by atoms with van der Waals surface area (Å²) in [4.78, 5) is 0. The second kappa shape index (κ2) is 5.51. The van der Waals surface area contributed by atoms with Crippen molar-refractivity contribution in [3.8, 4) is 5.75 Å². The molecule has 1 aromatic rings. The van der Waals surface area contributed by atoms with Gasteiger partial charge in [0.25, 0.3) is 0 Å². The normalized spacial score (nSPS) is 24.3. The third-order valence-corrected chi connectivity index (χ3v) is 3.75. The molecule has 1 heterocycles. The van der Waals surface area contributed by atoms with Crippen LogP contribution in [0.4, 0.5) is 0 Å². The number of ether oxygens (including phenoxy) is 2. The van der Waals surface area contributed by atoms with Crippen LogP contribution >= 0.6 is 0 Å². The van der Waals surface area contributed by atoms with Crippen molar-refractivity contribution in [1.82, 2.24) is 5.32 Å². The molecule has 19 heavy (non-hydrogen) atoms. The Morgan fingerprint density at radius 3 is 2.63 bits per heavy atom. The Labute approximate surface area is 116 Å². The molecule has 3 nitrogen and oxygen atoms in total. The maximum Gasteiger partial charge on any atom is 0.123 e.